The van der Waals surface area contributed by atoms with Crippen molar-refractivity contribution in [3.63, 3.8) is 0 Å². The molecule has 0 bridgehead atoms. The highest BCUT2D eigenvalue weighted by molar-refractivity contribution is 5.99. The van der Waals surface area contributed by atoms with Gasteiger partial charge in [0.15, 0.2) is 0 Å². The fourth-order valence-corrected chi connectivity index (χ4v) is 2.90. The molecule has 1 aliphatic carbocycles. The molecule has 5 heteroatoms. The predicted molar refractivity (Wildman–Crippen MR) is 75.2 cm³/mol. The smallest absolute Gasteiger partial charge is 0.314 e. The van der Waals surface area contributed by atoms with Gasteiger partial charge in [-0.25, -0.2) is 0 Å². The van der Waals surface area contributed by atoms with Crippen LogP contribution in [0.4, 0.5) is 0 Å². The molecule has 1 aliphatic rings. The van der Waals surface area contributed by atoms with E-state index in [9.17, 15) is 19.5 Å². The molecule has 0 saturated heterocycles. The molecule has 0 heterocycles. The highest BCUT2D eigenvalue weighted by Gasteiger charge is 2.35. The third-order valence-electron chi connectivity index (χ3n) is 3.89. The number of nitrogens with one attached hydrogen (secondary N) is 1. The van der Waals surface area contributed by atoms with Crippen molar-refractivity contribution in [1.29, 1.82) is 0 Å². The topological polar surface area (TPSA) is 83.5 Å². The van der Waals surface area contributed by atoms with Crippen molar-refractivity contribution in [1.82, 2.24) is 5.32 Å². The Morgan fingerprint density at radius 3 is 2.10 bits per heavy atom. The number of rotatable bonds is 6. The molecule has 20 heavy (non-hydrogen) atoms. The highest BCUT2D eigenvalue weighted by Crippen LogP contribution is 2.29. The number of carbonyl (C=O) groups is 3. The highest BCUT2D eigenvalue weighted by atomic mass is 16.4. The third kappa shape index (κ3) is 4.94. The van der Waals surface area contributed by atoms with E-state index in [-0.39, 0.29) is 29.6 Å². The molecule has 1 amide bonds. The second-order valence-electron chi connectivity index (χ2n) is 6.17. The van der Waals surface area contributed by atoms with E-state index in [4.69, 9.17) is 0 Å². The van der Waals surface area contributed by atoms with Gasteiger partial charge in [-0.1, -0.05) is 13.8 Å². The number of Topliss-reactive ketones (excluding diaryl/α,β-unsaturated/α-hetero) is 1. The number of carbonyl (C=O) groups excluding carboxylic acids is 2. The molecular formula is C15H25NO4. The Hall–Kier alpha value is -1.39. The van der Waals surface area contributed by atoms with Gasteiger partial charge in [-0.3, -0.25) is 14.4 Å². The summed E-state index contributed by atoms with van der Waals surface area (Å²) in [5, 5.41) is 12.1. The quantitative estimate of drug-likeness (QED) is 0.730. The Morgan fingerprint density at radius 2 is 1.70 bits per heavy atom. The van der Waals surface area contributed by atoms with Crippen LogP contribution in [0.2, 0.25) is 0 Å². The molecule has 0 aromatic heterocycles. The number of amides is 1. The summed E-state index contributed by atoms with van der Waals surface area (Å²) >= 11 is 0. The Bertz CT molecular complexity index is 370. The van der Waals surface area contributed by atoms with Gasteiger partial charge in [0.1, 0.15) is 11.7 Å². The first-order valence-electron chi connectivity index (χ1n) is 7.34. The maximum atomic E-state index is 12.3. The van der Waals surface area contributed by atoms with E-state index in [0.717, 1.165) is 12.8 Å². The first-order valence-corrected chi connectivity index (χ1v) is 7.34. The van der Waals surface area contributed by atoms with E-state index >= 15 is 0 Å². The van der Waals surface area contributed by atoms with Crippen LogP contribution in [0.3, 0.4) is 0 Å². The summed E-state index contributed by atoms with van der Waals surface area (Å²) in [7, 11) is 0. The maximum Gasteiger partial charge on any atom is 0.314 e. The van der Waals surface area contributed by atoms with Crippen LogP contribution in [-0.2, 0) is 14.4 Å². The Kier molecular flexibility index (Phi) is 6.17. The summed E-state index contributed by atoms with van der Waals surface area (Å²) in [5.41, 5.74) is 0. The van der Waals surface area contributed by atoms with Crippen molar-refractivity contribution >= 4 is 17.7 Å². The summed E-state index contributed by atoms with van der Waals surface area (Å²) < 4.78 is 0. The number of aliphatic carboxylic acids is 1. The van der Waals surface area contributed by atoms with Crippen molar-refractivity contribution < 1.29 is 19.5 Å². The van der Waals surface area contributed by atoms with Gasteiger partial charge in [0.2, 0.25) is 5.91 Å². The van der Waals surface area contributed by atoms with Gasteiger partial charge in [-0.15, -0.1) is 0 Å². The normalized spacial score (nSPS) is 24.2. The summed E-state index contributed by atoms with van der Waals surface area (Å²) in [5.74, 6) is -2.05. The number of carboxylic acids is 1. The van der Waals surface area contributed by atoms with Crippen molar-refractivity contribution in [3.8, 4) is 0 Å². The molecule has 5 nitrogen and oxygen atoms in total. The monoisotopic (exact) mass is 283 g/mol. The first kappa shape index (κ1) is 16.7. The van der Waals surface area contributed by atoms with E-state index in [1.54, 1.807) is 0 Å². The fourth-order valence-electron chi connectivity index (χ4n) is 2.90. The van der Waals surface area contributed by atoms with Crippen LogP contribution in [0, 0.1) is 17.8 Å². The lowest BCUT2D eigenvalue weighted by Gasteiger charge is -2.29. The SMILES string of the molecule is CC(=O)NC1CCC(C(=O)C(CC(C)C)C(=O)O)CC1. The zero-order valence-corrected chi connectivity index (χ0v) is 12.5. The van der Waals surface area contributed by atoms with E-state index in [2.05, 4.69) is 5.32 Å². The van der Waals surface area contributed by atoms with Crippen molar-refractivity contribution in [3.05, 3.63) is 0 Å². The average Bonchev–Trinajstić information content (AvgIpc) is 2.35. The average molecular weight is 283 g/mol. The summed E-state index contributed by atoms with van der Waals surface area (Å²) in [6, 6.07) is 0.130. The number of ketones is 1. The second kappa shape index (κ2) is 7.41. The van der Waals surface area contributed by atoms with Gasteiger partial charge >= 0.3 is 5.97 Å². The van der Waals surface area contributed by atoms with Crippen molar-refractivity contribution in [2.45, 2.75) is 58.9 Å². The van der Waals surface area contributed by atoms with Gasteiger partial charge < -0.3 is 10.4 Å². The molecule has 0 aromatic carbocycles. The maximum absolute atomic E-state index is 12.3. The zero-order valence-electron chi connectivity index (χ0n) is 12.5. The minimum absolute atomic E-state index is 0.0528. The third-order valence-corrected chi connectivity index (χ3v) is 3.89. The summed E-state index contributed by atoms with van der Waals surface area (Å²) in [6.07, 6.45) is 3.26. The van der Waals surface area contributed by atoms with Crippen LogP contribution >= 0.6 is 0 Å². The number of carboxylic acid groups (broad SMARTS) is 1. The van der Waals surface area contributed by atoms with Crippen LogP contribution in [0.1, 0.15) is 52.9 Å². The molecule has 2 N–H and O–H groups in total. The van der Waals surface area contributed by atoms with Crippen LogP contribution < -0.4 is 5.32 Å². The van der Waals surface area contributed by atoms with Gasteiger partial charge in [0.05, 0.1) is 0 Å². The molecule has 0 radical (unpaired) electrons. The lowest BCUT2D eigenvalue weighted by atomic mass is 9.78. The van der Waals surface area contributed by atoms with Gasteiger partial charge in [-0.05, 0) is 38.0 Å². The summed E-state index contributed by atoms with van der Waals surface area (Å²) in [4.78, 5) is 34.6. The van der Waals surface area contributed by atoms with E-state index < -0.39 is 11.9 Å². The van der Waals surface area contributed by atoms with Crippen LogP contribution in [-0.4, -0.2) is 28.8 Å². The number of hydrogen-bond donors (Lipinski definition) is 2. The molecule has 1 unspecified atom stereocenters. The van der Waals surface area contributed by atoms with Gasteiger partial charge in [0, 0.05) is 18.9 Å². The molecule has 1 saturated carbocycles. The second-order valence-corrected chi connectivity index (χ2v) is 6.17. The van der Waals surface area contributed by atoms with Crippen LogP contribution in [0.15, 0.2) is 0 Å². The van der Waals surface area contributed by atoms with Crippen molar-refractivity contribution in [2.75, 3.05) is 0 Å². The fraction of sp³-hybridized carbons (Fsp3) is 0.800. The van der Waals surface area contributed by atoms with Gasteiger partial charge in [-0.2, -0.15) is 0 Å². The minimum Gasteiger partial charge on any atom is -0.481 e. The molecule has 0 aromatic rings. The predicted octanol–water partition coefficient (Wildman–Crippen LogP) is 2.00. The Balaban J connectivity index is 2.56. The van der Waals surface area contributed by atoms with E-state index in [0.29, 0.717) is 19.3 Å². The summed E-state index contributed by atoms with van der Waals surface area (Å²) in [6.45, 7) is 5.34. The molecule has 1 atom stereocenters. The Morgan fingerprint density at radius 1 is 1.15 bits per heavy atom. The first-order chi connectivity index (χ1) is 9.31. The largest absolute Gasteiger partial charge is 0.481 e. The zero-order chi connectivity index (χ0) is 15.3. The van der Waals surface area contributed by atoms with Gasteiger partial charge in [0.25, 0.3) is 0 Å². The Labute approximate surface area is 120 Å². The lowest BCUT2D eigenvalue weighted by Crippen LogP contribution is -2.39. The molecule has 1 rings (SSSR count). The number of hydrogen-bond acceptors (Lipinski definition) is 3. The minimum atomic E-state index is -1.01. The molecule has 114 valence electrons. The standard InChI is InChI=1S/C15H25NO4/c1-9(2)8-13(15(19)20)14(18)11-4-6-12(7-5-11)16-10(3)17/h9,11-13H,4-8H2,1-3H3,(H,16,17)(H,19,20). The molecule has 0 aliphatic heterocycles. The van der Waals surface area contributed by atoms with Crippen molar-refractivity contribution in [2.24, 2.45) is 17.8 Å². The van der Waals surface area contributed by atoms with E-state index in [1.807, 2.05) is 13.8 Å². The molecular weight excluding hydrogens is 258 g/mol. The van der Waals surface area contributed by atoms with Crippen LogP contribution in [0.25, 0.3) is 0 Å². The van der Waals surface area contributed by atoms with E-state index in [1.165, 1.54) is 6.92 Å². The molecule has 0 spiro atoms. The molecule has 1 fully saturated rings. The lowest BCUT2D eigenvalue weighted by molar-refractivity contribution is -0.148. The van der Waals surface area contributed by atoms with Crippen LogP contribution in [0.5, 0.6) is 0 Å².